The van der Waals surface area contributed by atoms with Crippen molar-refractivity contribution in [2.45, 2.75) is 50.6 Å². The molecule has 0 aliphatic carbocycles. The lowest BCUT2D eigenvalue weighted by atomic mass is 10.1. The lowest BCUT2D eigenvalue weighted by Crippen LogP contribution is -2.51. The van der Waals surface area contributed by atoms with Crippen molar-refractivity contribution >= 4 is 55.8 Å². The van der Waals surface area contributed by atoms with Crippen LogP contribution in [0.25, 0.3) is 10.8 Å². The molecule has 1 atom stereocenters. The molecule has 204 valence electrons. The third-order valence-corrected chi connectivity index (χ3v) is 8.74. The number of nitrogens with one attached hydrogen (secondary N) is 1. The van der Waals surface area contributed by atoms with E-state index < -0.39 is 28.5 Å². The second kappa shape index (κ2) is 13.4. The first-order valence-corrected chi connectivity index (χ1v) is 14.7. The van der Waals surface area contributed by atoms with E-state index in [1.165, 1.54) is 18.0 Å². The highest BCUT2D eigenvalue weighted by Gasteiger charge is 2.32. The molecule has 3 aromatic rings. The van der Waals surface area contributed by atoms with E-state index in [2.05, 4.69) is 5.32 Å². The Bertz CT molecular complexity index is 1400. The van der Waals surface area contributed by atoms with Gasteiger partial charge in [0.1, 0.15) is 6.04 Å². The van der Waals surface area contributed by atoms with Gasteiger partial charge in [-0.2, -0.15) is 4.31 Å². The number of unbranched alkanes of at least 4 members (excludes halogenated alkanes) is 1. The van der Waals surface area contributed by atoms with Crippen LogP contribution in [-0.2, 0) is 26.2 Å². The molecule has 0 heterocycles. The van der Waals surface area contributed by atoms with Crippen molar-refractivity contribution in [2.24, 2.45) is 0 Å². The Hall–Kier alpha value is -2.65. The Balaban J connectivity index is 1.88. The molecule has 0 spiro atoms. The van der Waals surface area contributed by atoms with Gasteiger partial charge in [0.25, 0.3) is 0 Å². The summed E-state index contributed by atoms with van der Waals surface area (Å²) in [7, 11) is -2.61. The number of hydrogen-bond acceptors (Lipinski definition) is 4. The van der Waals surface area contributed by atoms with Crippen LogP contribution >= 0.6 is 23.2 Å². The minimum absolute atomic E-state index is 0.0262. The third kappa shape index (κ3) is 7.26. The quantitative estimate of drug-likeness (QED) is 0.288. The SMILES string of the molecule is CCCCNC(=O)C(CC)N(Cc1ccc(Cl)cc1Cl)C(=O)CN(C)S(=O)(=O)c1ccc2ccccc2c1. The van der Waals surface area contributed by atoms with Crippen LogP contribution in [0.3, 0.4) is 0 Å². The zero-order valence-corrected chi connectivity index (χ0v) is 24.1. The molecule has 0 fully saturated rings. The average molecular weight is 579 g/mol. The van der Waals surface area contributed by atoms with E-state index in [1.807, 2.05) is 38.1 Å². The van der Waals surface area contributed by atoms with Gasteiger partial charge < -0.3 is 10.2 Å². The zero-order chi connectivity index (χ0) is 27.9. The summed E-state index contributed by atoms with van der Waals surface area (Å²) < 4.78 is 27.8. The number of rotatable bonds is 12. The Kier molecular flexibility index (Phi) is 10.6. The maximum Gasteiger partial charge on any atom is 0.243 e. The molecular weight excluding hydrogens is 545 g/mol. The Morgan fingerprint density at radius 3 is 2.34 bits per heavy atom. The first kappa shape index (κ1) is 29.9. The van der Waals surface area contributed by atoms with E-state index >= 15 is 0 Å². The van der Waals surface area contributed by atoms with Crippen LogP contribution < -0.4 is 5.32 Å². The average Bonchev–Trinajstić information content (AvgIpc) is 2.89. The fourth-order valence-electron chi connectivity index (χ4n) is 4.13. The second-order valence-electron chi connectivity index (χ2n) is 9.10. The zero-order valence-electron chi connectivity index (χ0n) is 21.8. The Morgan fingerprint density at radius 2 is 1.68 bits per heavy atom. The smallest absolute Gasteiger partial charge is 0.243 e. The molecule has 10 heteroatoms. The van der Waals surface area contributed by atoms with Crippen molar-refractivity contribution < 1.29 is 18.0 Å². The van der Waals surface area contributed by atoms with Gasteiger partial charge in [-0.1, -0.05) is 79.9 Å². The van der Waals surface area contributed by atoms with Gasteiger partial charge in [-0.3, -0.25) is 9.59 Å². The summed E-state index contributed by atoms with van der Waals surface area (Å²) in [6.07, 6.45) is 2.07. The molecule has 0 aliphatic heterocycles. The monoisotopic (exact) mass is 577 g/mol. The highest BCUT2D eigenvalue weighted by atomic mass is 35.5. The number of benzene rings is 3. The fourth-order valence-corrected chi connectivity index (χ4v) is 5.76. The van der Waals surface area contributed by atoms with Crippen LogP contribution in [0.1, 0.15) is 38.7 Å². The second-order valence-corrected chi connectivity index (χ2v) is 12.0. The van der Waals surface area contributed by atoms with Crippen molar-refractivity contribution in [1.82, 2.24) is 14.5 Å². The molecule has 1 N–H and O–H groups in total. The molecule has 0 saturated heterocycles. The third-order valence-electron chi connectivity index (χ3n) is 6.36. The van der Waals surface area contributed by atoms with Crippen LogP contribution in [0.5, 0.6) is 0 Å². The summed E-state index contributed by atoms with van der Waals surface area (Å²) in [5, 5.41) is 5.38. The number of amides is 2. The van der Waals surface area contributed by atoms with Gasteiger partial charge in [0.2, 0.25) is 21.8 Å². The van der Waals surface area contributed by atoms with Crippen LogP contribution in [0, 0.1) is 0 Å². The lowest BCUT2D eigenvalue weighted by molar-refractivity contribution is -0.141. The topological polar surface area (TPSA) is 86.8 Å². The minimum atomic E-state index is -3.97. The first-order chi connectivity index (χ1) is 18.1. The van der Waals surface area contributed by atoms with Gasteiger partial charge >= 0.3 is 0 Å². The largest absolute Gasteiger partial charge is 0.354 e. The summed E-state index contributed by atoms with van der Waals surface area (Å²) >= 11 is 12.4. The number of fused-ring (bicyclic) bond motifs is 1. The molecule has 0 radical (unpaired) electrons. The van der Waals surface area contributed by atoms with Gasteiger partial charge in [-0.25, -0.2) is 8.42 Å². The van der Waals surface area contributed by atoms with E-state index in [-0.39, 0.29) is 17.3 Å². The maximum absolute atomic E-state index is 13.6. The van der Waals surface area contributed by atoms with E-state index in [9.17, 15) is 18.0 Å². The van der Waals surface area contributed by atoms with Crippen LogP contribution in [0.2, 0.25) is 10.0 Å². The van der Waals surface area contributed by atoms with Crippen molar-refractivity contribution in [1.29, 1.82) is 0 Å². The molecule has 7 nitrogen and oxygen atoms in total. The van der Waals surface area contributed by atoms with Gasteiger partial charge in [0.05, 0.1) is 11.4 Å². The number of carbonyl (C=O) groups is 2. The van der Waals surface area contributed by atoms with Crippen LogP contribution in [0.4, 0.5) is 0 Å². The van der Waals surface area contributed by atoms with Gasteiger partial charge in [0, 0.05) is 30.2 Å². The fraction of sp³-hybridized carbons (Fsp3) is 0.357. The highest BCUT2D eigenvalue weighted by Crippen LogP contribution is 2.25. The normalized spacial score (nSPS) is 12.5. The van der Waals surface area contributed by atoms with Crippen molar-refractivity contribution in [3.05, 3.63) is 76.3 Å². The highest BCUT2D eigenvalue weighted by molar-refractivity contribution is 7.89. The summed E-state index contributed by atoms with van der Waals surface area (Å²) in [5.41, 5.74) is 0.601. The number of carbonyl (C=O) groups excluding carboxylic acids is 2. The van der Waals surface area contributed by atoms with E-state index in [1.54, 1.807) is 30.3 Å². The maximum atomic E-state index is 13.6. The van der Waals surface area contributed by atoms with E-state index in [0.717, 1.165) is 27.9 Å². The first-order valence-electron chi connectivity index (χ1n) is 12.5. The molecule has 0 aliphatic rings. The van der Waals surface area contributed by atoms with Crippen molar-refractivity contribution in [3.63, 3.8) is 0 Å². The number of sulfonamides is 1. The van der Waals surface area contributed by atoms with Crippen LogP contribution in [-0.4, -0.2) is 55.6 Å². The summed E-state index contributed by atoms with van der Waals surface area (Å²) in [6.45, 7) is 3.90. The Morgan fingerprint density at radius 1 is 0.974 bits per heavy atom. The van der Waals surface area contributed by atoms with Gasteiger partial charge in [-0.05, 0) is 53.4 Å². The molecule has 1 unspecified atom stereocenters. The number of hydrogen-bond donors (Lipinski definition) is 1. The molecule has 2 amide bonds. The van der Waals surface area contributed by atoms with Crippen molar-refractivity contribution in [3.8, 4) is 0 Å². The summed E-state index contributed by atoms with van der Waals surface area (Å²) in [5.74, 6) is -0.806. The summed E-state index contributed by atoms with van der Waals surface area (Å²) in [4.78, 5) is 28.2. The molecule has 0 aromatic heterocycles. The molecule has 3 rings (SSSR count). The molecular formula is C28H33Cl2N3O4S. The van der Waals surface area contributed by atoms with Crippen LogP contribution in [0.15, 0.2) is 65.6 Å². The standard InChI is InChI=1S/C28H33Cl2N3O4S/c1-4-6-15-31-28(35)26(5-2)33(18-22-11-13-23(29)17-25(22)30)27(34)19-32(3)38(36,37)24-14-12-20-9-7-8-10-21(20)16-24/h7-14,16-17,26H,4-6,15,18-19H2,1-3H3,(H,31,35). The molecule has 0 bridgehead atoms. The number of likely N-dealkylation sites (N-methyl/N-ethyl adjacent to an activating group) is 1. The number of nitrogens with zero attached hydrogens (tertiary/aromatic N) is 2. The van der Waals surface area contributed by atoms with Crippen molar-refractivity contribution in [2.75, 3.05) is 20.1 Å². The molecule has 0 saturated carbocycles. The molecule has 3 aromatic carbocycles. The van der Waals surface area contributed by atoms with E-state index in [0.29, 0.717) is 28.6 Å². The predicted molar refractivity (Wildman–Crippen MR) is 153 cm³/mol. The predicted octanol–water partition coefficient (Wildman–Crippen LogP) is 5.49. The minimum Gasteiger partial charge on any atom is -0.354 e. The summed E-state index contributed by atoms with van der Waals surface area (Å²) in [6, 6.07) is 16.4. The lowest BCUT2D eigenvalue weighted by Gasteiger charge is -2.32. The van der Waals surface area contributed by atoms with Gasteiger partial charge in [-0.15, -0.1) is 0 Å². The number of halogens is 2. The Labute approximate surface area is 234 Å². The van der Waals surface area contributed by atoms with Gasteiger partial charge in [0.15, 0.2) is 0 Å². The van der Waals surface area contributed by atoms with E-state index in [4.69, 9.17) is 23.2 Å². The molecule has 38 heavy (non-hydrogen) atoms.